The molecule has 0 fully saturated rings. The van der Waals surface area contributed by atoms with Crippen molar-refractivity contribution in [3.8, 4) is 0 Å². The lowest BCUT2D eigenvalue weighted by molar-refractivity contribution is -0.137. The predicted molar refractivity (Wildman–Crippen MR) is 85.6 cm³/mol. The lowest BCUT2D eigenvalue weighted by atomic mass is 10.2. The van der Waals surface area contributed by atoms with E-state index in [0.717, 1.165) is 31.4 Å². The van der Waals surface area contributed by atoms with Gasteiger partial charge in [0.2, 0.25) is 0 Å². The van der Waals surface area contributed by atoms with Crippen LogP contribution in [0, 0.1) is 0 Å². The molecule has 3 nitrogen and oxygen atoms in total. The topological polar surface area (TPSA) is 27.7 Å². The molecule has 1 rings (SSSR count). The predicted octanol–water partition coefficient (Wildman–Crippen LogP) is 4.13. The average molecular weight is 350 g/mol. The van der Waals surface area contributed by atoms with Gasteiger partial charge in [0.1, 0.15) is 0 Å². The number of alkyl halides is 3. The molecule has 0 aromatic heterocycles. The van der Waals surface area contributed by atoms with Crippen molar-refractivity contribution in [1.29, 1.82) is 0 Å². The second kappa shape index (κ2) is 9.41. The fraction of sp³-hybridized carbons (Fsp3) is 0.625. The Morgan fingerprint density at radius 1 is 0.870 bits per heavy atom. The van der Waals surface area contributed by atoms with Gasteiger partial charge in [0.15, 0.2) is 0 Å². The van der Waals surface area contributed by atoms with Gasteiger partial charge in [-0.25, -0.2) is 0 Å². The van der Waals surface area contributed by atoms with E-state index in [1.54, 1.807) is 6.07 Å². The molecule has 0 aliphatic heterocycles. The fourth-order valence-electron chi connectivity index (χ4n) is 1.97. The average Bonchev–Trinajstić information content (AvgIpc) is 2.54. The van der Waals surface area contributed by atoms with E-state index in [1.807, 2.05) is 20.8 Å². The van der Waals surface area contributed by atoms with Crippen LogP contribution in [-0.2, 0) is 19.5 Å². The SMILES string of the molecule is CCCO[Si](OCCC)(OCCC)c1cccc(C(F)(F)F)c1. The summed E-state index contributed by atoms with van der Waals surface area (Å²) in [4.78, 5) is 0. The first kappa shape index (κ1) is 20.2. The minimum atomic E-state index is -4.41. The third kappa shape index (κ3) is 5.91. The second-order valence-corrected chi connectivity index (χ2v) is 7.74. The van der Waals surface area contributed by atoms with Crippen molar-refractivity contribution in [2.24, 2.45) is 0 Å². The molecule has 0 saturated carbocycles. The number of rotatable bonds is 10. The van der Waals surface area contributed by atoms with Crippen LogP contribution in [-0.4, -0.2) is 28.6 Å². The third-order valence-electron chi connectivity index (χ3n) is 3.03. The molecule has 0 bridgehead atoms. The van der Waals surface area contributed by atoms with Crippen molar-refractivity contribution < 1.29 is 26.4 Å². The molecular formula is C16H25F3O3Si. The molecule has 1 aromatic rings. The monoisotopic (exact) mass is 350 g/mol. The highest BCUT2D eigenvalue weighted by atomic mass is 28.4. The van der Waals surface area contributed by atoms with Crippen LogP contribution < -0.4 is 5.19 Å². The van der Waals surface area contributed by atoms with Crippen molar-refractivity contribution in [1.82, 2.24) is 0 Å². The molecule has 0 unspecified atom stereocenters. The summed E-state index contributed by atoms with van der Waals surface area (Å²) >= 11 is 0. The summed E-state index contributed by atoms with van der Waals surface area (Å²) < 4.78 is 56.6. The Morgan fingerprint density at radius 3 is 1.74 bits per heavy atom. The third-order valence-corrected chi connectivity index (χ3v) is 5.80. The van der Waals surface area contributed by atoms with Crippen LogP contribution in [0.1, 0.15) is 45.6 Å². The van der Waals surface area contributed by atoms with Gasteiger partial charge in [-0.2, -0.15) is 13.2 Å². The quantitative estimate of drug-likeness (QED) is 0.594. The van der Waals surface area contributed by atoms with Crippen LogP contribution in [0.25, 0.3) is 0 Å². The van der Waals surface area contributed by atoms with Crippen molar-refractivity contribution in [3.63, 3.8) is 0 Å². The molecule has 0 heterocycles. The number of hydrogen-bond acceptors (Lipinski definition) is 3. The molecule has 0 amide bonds. The fourth-order valence-corrected chi connectivity index (χ4v) is 4.77. The van der Waals surface area contributed by atoms with Crippen molar-refractivity contribution in [3.05, 3.63) is 29.8 Å². The molecule has 0 radical (unpaired) electrons. The first-order chi connectivity index (χ1) is 10.9. The summed E-state index contributed by atoms with van der Waals surface area (Å²) in [6.07, 6.45) is -2.20. The molecule has 7 heteroatoms. The molecule has 0 aliphatic rings. The molecular weight excluding hydrogens is 325 g/mol. The van der Waals surface area contributed by atoms with E-state index in [9.17, 15) is 13.2 Å². The van der Waals surface area contributed by atoms with Crippen LogP contribution in [0.4, 0.5) is 13.2 Å². The Balaban J connectivity index is 3.23. The van der Waals surface area contributed by atoms with Crippen molar-refractivity contribution >= 4 is 14.0 Å². The standard InChI is InChI=1S/C16H25F3O3Si/c1-4-10-20-23(21-11-5-2,22-12-6-3)15-9-7-8-14(13-15)16(17,18)19/h7-9,13H,4-6,10-12H2,1-3H3. The lowest BCUT2D eigenvalue weighted by Crippen LogP contribution is -2.57. The molecule has 0 N–H and O–H groups in total. The maximum absolute atomic E-state index is 13.0. The van der Waals surface area contributed by atoms with Gasteiger partial charge in [-0.15, -0.1) is 0 Å². The molecule has 0 saturated heterocycles. The Bertz CT molecular complexity index is 444. The van der Waals surface area contributed by atoms with E-state index in [2.05, 4.69) is 0 Å². The molecule has 0 aliphatic carbocycles. The van der Waals surface area contributed by atoms with Gasteiger partial charge in [0.25, 0.3) is 0 Å². The molecule has 132 valence electrons. The van der Waals surface area contributed by atoms with Crippen LogP contribution in [0.15, 0.2) is 24.3 Å². The van der Waals surface area contributed by atoms with Gasteiger partial charge in [-0.3, -0.25) is 0 Å². The Morgan fingerprint density at radius 2 is 1.35 bits per heavy atom. The zero-order chi connectivity index (χ0) is 17.3. The van der Waals surface area contributed by atoms with Crippen LogP contribution in [0.5, 0.6) is 0 Å². The Kier molecular flexibility index (Phi) is 8.25. The van der Waals surface area contributed by atoms with E-state index < -0.39 is 20.5 Å². The lowest BCUT2D eigenvalue weighted by Gasteiger charge is -2.30. The highest BCUT2D eigenvalue weighted by molar-refractivity contribution is 6.75. The van der Waals surface area contributed by atoms with Gasteiger partial charge < -0.3 is 13.3 Å². The number of benzene rings is 1. The van der Waals surface area contributed by atoms with E-state index in [0.29, 0.717) is 25.0 Å². The highest BCUT2D eigenvalue weighted by Gasteiger charge is 2.45. The maximum Gasteiger partial charge on any atom is 0.537 e. The normalized spacial score (nSPS) is 12.6. The van der Waals surface area contributed by atoms with Crippen molar-refractivity contribution in [2.45, 2.75) is 46.2 Å². The van der Waals surface area contributed by atoms with E-state index in [1.165, 1.54) is 6.07 Å². The largest absolute Gasteiger partial charge is 0.537 e. The highest BCUT2D eigenvalue weighted by Crippen LogP contribution is 2.29. The minimum Gasteiger partial charge on any atom is -0.370 e. The first-order valence-corrected chi connectivity index (χ1v) is 9.71. The van der Waals surface area contributed by atoms with Crippen LogP contribution >= 0.6 is 0 Å². The summed E-state index contributed by atoms with van der Waals surface area (Å²) in [5.41, 5.74) is -0.716. The molecule has 1 aromatic carbocycles. The van der Waals surface area contributed by atoms with Gasteiger partial charge in [-0.1, -0.05) is 39.0 Å². The zero-order valence-electron chi connectivity index (χ0n) is 13.9. The van der Waals surface area contributed by atoms with Gasteiger partial charge in [-0.05, 0) is 25.3 Å². The Labute approximate surface area is 137 Å². The van der Waals surface area contributed by atoms with E-state index in [-0.39, 0.29) is 0 Å². The van der Waals surface area contributed by atoms with Crippen molar-refractivity contribution in [2.75, 3.05) is 19.8 Å². The van der Waals surface area contributed by atoms with Gasteiger partial charge in [0, 0.05) is 25.0 Å². The molecule has 0 spiro atoms. The van der Waals surface area contributed by atoms with Gasteiger partial charge in [0.05, 0.1) is 5.56 Å². The number of hydrogen-bond donors (Lipinski definition) is 0. The molecule has 23 heavy (non-hydrogen) atoms. The van der Waals surface area contributed by atoms with E-state index >= 15 is 0 Å². The number of halogens is 3. The Hall–Kier alpha value is -0.893. The van der Waals surface area contributed by atoms with Crippen LogP contribution in [0.3, 0.4) is 0 Å². The smallest absolute Gasteiger partial charge is 0.370 e. The summed E-state index contributed by atoms with van der Waals surface area (Å²) in [6.45, 7) is 6.96. The minimum absolute atomic E-state index is 0.364. The summed E-state index contributed by atoms with van der Waals surface area (Å²) in [7, 11) is -3.34. The zero-order valence-corrected chi connectivity index (χ0v) is 14.9. The summed E-state index contributed by atoms with van der Waals surface area (Å²) in [5, 5.41) is 0.364. The first-order valence-electron chi connectivity index (χ1n) is 7.99. The summed E-state index contributed by atoms with van der Waals surface area (Å²) in [5.74, 6) is 0. The second-order valence-electron chi connectivity index (χ2n) is 5.18. The van der Waals surface area contributed by atoms with Gasteiger partial charge >= 0.3 is 15.0 Å². The van der Waals surface area contributed by atoms with E-state index in [4.69, 9.17) is 13.3 Å². The maximum atomic E-state index is 13.0. The van der Waals surface area contributed by atoms with Crippen LogP contribution in [0.2, 0.25) is 0 Å². The molecule has 0 atom stereocenters. The summed E-state index contributed by atoms with van der Waals surface area (Å²) in [6, 6.07) is 5.11.